The summed E-state index contributed by atoms with van der Waals surface area (Å²) in [7, 11) is -2.33. The minimum atomic E-state index is -3.81. The molecular weight excluding hydrogens is 286 g/mol. The van der Waals surface area contributed by atoms with E-state index in [4.69, 9.17) is 4.74 Å². The largest absolute Gasteiger partial charge is 0.497 e. The van der Waals surface area contributed by atoms with Gasteiger partial charge >= 0.3 is 0 Å². The SMILES string of the molecule is COc1cccc(C(=O)NS(=O)(=O)c2cccs2)c1. The molecule has 100 valence electrons. The Morgan fingerprint density at radius 1 is 1.26 bits per heavy atom. The number of carbonyl (C=O) groups excluding carboxylic acids is 1. The Kier molecular flexibility index (Phi) is 3.87. The predicted octanol–water partition coefficient (Wildman–Crippen LogP) is 1.88. The van der Waals surface area contributed by atoms with Gasteiger partial charge in [0, 0.05) is 5.56 Å². The van der Waals surface area contributed by atoms with E-state index in [1.807, 2.05) is 4.72 Å². The Hall–Kier alpha value is -1.86. The van der Waals surface area contributed by atoms with Gasteiger partial charge in [0.05, 0.1) is 7.11 Å². The first-order valence-corrected chi connectivity index (χ1v) is 7.64. The zero-order valence-electron chi connectivity index (χ0n) is 9.99. The molecule has 0 aliphatic carbocycles. The molecule has 0 spiro atoms. The van der Waals surface area contributed by atoms with E-state index < -0.39 is 15.9 Å². The van der Waals surface area contributed by atoms with Crippen molar-refractivity contribution in [1.29, 1.82) is 0 Å². The molecule has 5 nitrogen and oxygen atoms in total. The van der Waals surface area contributed by atoms with Gasteiger partial charge in [0.25, 0.3) is 15.9 Å². The molecule has 0 saturated carbocycles. The fourth-order valence-corrected chi connectivity index (χ4v) is 3.38. The standard InChI is InChI=1S/C12H11NO4S2/c1-17-10-5-2-4-9(8-10)12(14)13-19(15,16)11-6-3-7-18-11/h2-8H,1H3,(H,13,14). The number of methoxy groups -OCH3 is 1. The van der Waals surface area contributed by atoms with Gasteiger partial charge in [0.2, 0.25) is 0 Å². The third kappa shape index (κ3) is 3.12. The van der Waals surface area contributed by atoms with Crippen LogP contribution in [0.15, 0.2) is 46.0 Å². The summed E-state index contributed by atoms with van der Waals surface area (Å²) in [4.78, 5) is 11.9. The molecule has 0 aliphatic rings. The van der Waals surface area contributed by atoms with Crippen molar-refractivity contribution in [2.75, 3.05) is 7.11 Å². The number of sulfonamides is 1. The third-order valence-electron chi connectivity index (χ3n) is 2.32. The second-order valence-electron chi connectivity index (χ2n) is 3.60. The van der Waals surface area contributed by atoms with Gasteiger partial charge < -0.3 is 4.74 Å². The molecule has 1 amide bonds. The molecule has 0 atom stereocenters. The van der Waals surface area contributed by atoms with Crippen molar-refractivity contribution in [3.63, 3.8) is 0 Å². The lowest BCUT2D eigenvalue weighted by atomic mass is 10.2. The van der Waals surface area contributed by atoms with Gasteiger partial charge in [-0.1, -0.05) is 12.1 Å². The van der Waals surface area contributed by atoms with Crippen molar-refractivity contribution in [3.05, 3.63) is 47.3 Å². The molecule has 0 saturated heterocycles. The van der Waals surface area contributed by atoms with Gasteiger partial charge in [0.1, 0.15) is 9.96 Å². The number of amides is 1. The molecule has 1 aromatic carbocycles. The van der Waals surface area contributed by atoms with Crippen LogP contribution in [-0.2, 0) is 10.0 Å². The second kappa shape index (κ2) is 5.41. The third-order valence-corrected chi connectivity index (χ3v) is 5.05. The van der Waals surface area contributed by atoms with E-state index in [0.29, 0.717) is 5.75 Å². The van der Waals surface area contributed by atoms with Crippen molar-refractivity contribution < 1.29 is 17.9 Å². The molecular formula is C12H11NO4S2. The summed E-state index contributed by atoms with van der Waals surface area (Å²) in [5.74, 6) is -0.200. The van der Waals surface area contributed by atoms with E-state index in [0.717, 1.165) is 11.3 Å². The van der Waals surface area contributed by atoms with E-state index in [2.05, 4.69) is 0 Å². The highest BCUT2D eigenvalue weighted by molar-refractivity contribution is 7.92. The quantitative estimate of drug-likeness (QED) is 0.935. The first-order valence-electron chi connectivity index (χ1n) is 5.27. The Bertz CT molecular complexity index is 678. The minimum Gasteiger partial charge on any atom is -0.497 e. The van der Waals surface area contributed by atoms with Gasteiger partial charge in [-0.3, -0.25) is 4.79 Å². The van der Waals surface area contributed by atoms with Crippen molar-refractivity contribution in [1.82, 2.24) is 4.72 Å². The van der Waals surface area contributed by atoms with Crippen LogP contribution in [0.1, 0.15) is 10.4 Å². The summed E-state index contributed by atoms with van der Waals surface area (Å²) in [5, 5.41) is 1.63. The van der Waals surface area contributed by atoms with E-state index in [-0.39, 0.29) is 9.77 Å². The zero-order valence-corrected chi connectivity index (χ0v) is 11.6. The van der Waals surface area contributed by atoms with Crippen molar-refractivity contribution >= 4 is 27.3 Å². The van der Waals surface area contributed by atoms with Crippen LogP contribution in [-0.4, -0.2) is 21.4 Å². The minimum absolute atomic E-state index is 0.101. The van der Waals surface area contributed by atoms with Crippen LogP contribution in [0.2, 0.25) is 0 Å². The van der Waals surface area contributed by atoms with Crippen LogP contribution in [0, 0.1) is 0 Å². The van der Waals surface area contributed by atoms with Crippen LogP contribution in [0.5, 0.6) is 5.75 Å². The average molecular weight is 297 g/mol. The molecule has 0 unspecified atom stereocenters. The number of hydrogen-bond donors (Lipinski definition) is 1. The van der Waals surface area contributed by atoms with Crippen LogP contribution in [0.4, 0.5) is 0 Å². The van der Waals surface area contributed by atoms with Gasteiger partial charge in [-0.05, 0) is 29.6 Å². The fraction of sp³-hybridized carbons (Fsp3) is 0.0833. The lowest BCUT2D eigenvalue weighted by Crippen LogP contribution is -2.30. The molecule has 0 aliphatic heterocycles. The van der Waals surface area contributed by atoms with E-state index in [1.54, 1.807) is 23.6 Å². The lowest BCUT2D eigenvalue weighted by molar-refractivity contribution is 0.0981. The Morgan fingerprint density at radius 3 is 2.68 bits per heavy atom. The summed E-state index contributed by atoms with van der Waals surface area (Å²) in [5.41, 5.74) is 0.222. The fourth-order valence-electron chi connectivity index (χ4n) is 1.41. The van der Waals surface area contributed by atoms with Gasteiger partial charge in [0.15, 0.2) is 0 Å². The summed E-state index contributed by atoms with van der Waals surface area (Å²) in [6.45, 7) is 0. The first-order chi connectivity index (χ1) is 9.03. The van der Waals surface area contributed by atoms with Crippen molar-refractivity contribution in [3.8, 4) is 5.75 Å². The number of thiophene rings is 1. The van der Waals surface area contributed by atoms with Crippen LogP contribution >= 0.6 is 11.3 Å². The van der Waals surface area contributed by atoms with Crippen LogP contribution < -0.4 is 9.46 Å². The van der Waals surface area contributed by atoms with E-state index in [9.17, 15) is 13.2 Å². The van der Waals surface area contributed by atoms with E-state index >= 15 is 0 Å². The normalized spacial score (nSPS) is 11.0. The molecule has 0 fully saturated rings. The number of carbonyl (C=O) groups is 1. The molecule has 0 radical (unpaired) electrons. The Labute approximate surface area is 114 Å². The van der Waals surface area contributed by atoms with Gasteiger partial charge in [-0.2, -0.15) is 0 Å². The predicted molar refractivity (Wildman–Crippen MR) is 72.0 cm³/mol. The number of hydrogen-bond acceptors (Lipinski definition) is 5. The maximum absolute atomic E-state index is 11.9. The monoisotopic (exact) mass is 297 g/mol. The summed E-state index contributed by atoms with van der Waals surface area (Å²) in [6, 6.07) is 9.32. The molecule has 1 heterocycles. The average Bonchev–Trinajstić information content (AvgIpc) is 2.93. The van der Waals surface area contributed by atoms with Crippen LogP contribution in [0.25, 0.3) is 0 Å². The molecule has 1 aromatic heterocycles. The smallest absolute Gasteiger partial charge is 0.273 e. The van der Waals surface area contributed by atoms with E-state index in [1.165, 1.54) is 25.3 Å². The van der Waals surface area contributed by atoms with Crippen molar-refractivity contribution in [2.45, 2.75) is 4.21 Å². The number of rotatable bonds is 4. The molecule has 0 bridgehead atoms. The van der Waals surface area contributed by atoms with Crippen molar-refractivity contribution in [2.24, 2.45) is 0 Å². The highest BCUT2D eigenvalue weighted by atomic mass is 32.2. The second-order valence-corrected chi connectivity index (χ2v) is 6.46. The maximum atomic E-state index is 11.9. The molecule has 2 rings (SSSR count). The number of ether oxygens (including phenoxy) is 1. The molecule has 19 heavy (non-hydrogen) atoms. The number of benzene rings is 1. The van der Waals surface area contributed by atoms with Crippen LogP contribution in [0.3, 0.4) is 0 Å². The topological polar surface area (TPSA) is 72.5 Å². The van der Waals surface area contributed by atoms with Gasteiger partial charge in [-0.25, -0.2) is 13.1 Å². The Balaban J connectivity index is 2.22. The van der Waals surface area contributed by atoms with Gasteiger partial charge in [-0.15, -0.1) is 11.3 Å². The summed E-state index contributed by atoms with van der Waals surface area (Å²) < 4.78 is 30.9. The highest BCUT2D eigenvalue weighted by Gasteiger charge is 2.19. The molecule has 7 heteroatoms. The molecule has 1 N–H and O–H groups in total. The Morgan fingerprint density at radius 2 is 2.05 bits per heavy atom. The summed E-state index contributed by atoms with van der Waals surface area (Å²) in [6.07, 6.45) is 0. The highest BCUT2D eigenvalue weighted by Crippen LogP contribution is 2.17. The lowest BCUT2D eigenvalue weighted by Gasteiger charge is -2.06. The summed E-state index contributed by atoms with van der Waals surface area (Å²) >= 11 is 1.05. The first kappa shape index (κ1) is 13.6. The number of nitrogens with one attached hydrogen (secondary N) is 1. The molecule has 2 aromatic rings. The maximum Gasteiger partial charge on any atom is 0.273 e. The zero-order chi connectivity index (χ0) is 13.9.